The zero-order valence-electron chi connectivity index (χ0n) is 17.8. The Morgan fingerprint density at radius 1 is 1.06 bits per heavy atom. The molecule has 9 heteroatoms. The van der Waals surface area contributed by atoms with Gasteiger partial charge in [0.15, 0.2) is 5.88 Å². The number of fused-ring (bicyclic) bond motifs is 3. The number of para-hydroxylation sites is 1. The Labute approximate surface area is 194 Å². The fraction of sp³-hybridized carbons (Fsp3) is 0.0833. The molecule has 3 aromatic carbocycles. The first kappa shape index (κ1) is 21.2. The van der Waals surface area contributed by atoms with Crippen molar-refractivity contribution in [3.63, 3.8) is 0 Å². The first-order chi connectivity index (χ1) is 15.8. The fourth-order valence-electron chi connectivity index (χ4n) is 3.77. The Kier molecular flexibility index (Phi) is 5.15. The highest BCUT2D eigenvalue weighted by Crippen LogP contribution is 2.33. The highest BCUT2D eigenvalue weighted by atomic mass is 32.2. The van der Waals surface area contributed by atoms with Gasteiger partial charge in [-0.2, -0.15) is 0 Å². The monoisotopic (exact) mass is 476 g/mol. The molecular formula is C24H20N4O3S2. The Morgan fingerprint density at radius 3 is 2.52 bits per heavy atom. The number of nitrogens with zero attached hydrogens (tertiary/aromatic N) is 2. The van der Waals surface area contributed by atoms with Crippen molar-refractivity contribution in [3.8, 4) is 5.88 Å². The van der Waals surface area contributed by atoms with Crippen LogP contribution in [0.3, 0.4) is 0 Å². The van der Waals surface area contributed by atoms with Crippen LogP contribution in [-0.4, -0.2) is 29.7 Å². The van der Waals surface area contributed by atoms with Gasteiger partial charge in [0.25, 0.3) is 10.0 Å². The maximum atomic E-state index is 12.9. The highest BCUT2D eigenvalue weighted by molar-refractivity contribution is 7.92. The molecule has 33 heavy (non-hydrogen) atoms. The second kappa shape index (κ2) is 8.02. The molecule has 0 spiro atoms. The number of hydrogen-bond acceptors (Lipinski definition) is 6. The van der Waals surface area contributed by atoms with Crippen LogP contribution in [0.1, 0.15) is 16.7 Å². The third-order valence-corrected chi connectivity index (χ3v) is 7.65. The van der Waals surface area contributed by atoms with Crippen molar-refractivity contribution in [1.82, 2.24) is 9.97 Å². The SMILES string of the molecule is Cc1cccc(C)c1NS(=O)(=O)c1ccc(N=Cc2c(O)[nH]c3ccc4scnc4c23)cc1. The lowest BCUT2D eigenvalue weighted by Crippen LogP contribution is -2.14. The van der Waals surface area contributed by atoms with Crippen molar-refractivity contribution in [2.24, 2.45) is 4.99 Å². The van der Waals surface area contributed by atoms with Gasteiger partial charge >= 0.3 is 0 Å². The summed E-state index contributed by atoms with van der Waals surface area (Å²) in [5, 5.41) is 11.2. The quantitative estimate of drug-likeness (QED) is 0.285. The second-order valence-electron chi connectivity index (χ2n) is 7.70. The number of nitrogens with one attached hydrogen (secondary N) is 2. The molecule has 0 fully saturated rings. The van der Waals surface area contributed by atoms with E-state index >= 15 is 0 Å². The van der Waals surface area contributed by atoms with Crippen LogP contribution in [0, 0.1) is 13.8 Å². The van der Waals surface area contributed by atoms with Gasteiger partial charge in [-0.15, -0.1) is 11.3 Å². The first-order valence-corrected chi connectivity index (χ1v) is 12.5. The van der Waals surface area contributed by atoms with Gasteiger partial charge in [-0.3, -0.25) is 9.71 Å². The lowest BCUT2D eigenvalue weighted by molar-refractivity contribution is 0.457. The molecule has 0 aliphatic carbocycles. The van der Waals surface area contributed by atoms with Crippen molar-refractivity contribution in [1.29, 1.82) is 0 Å². The predicted molar refractivity (Wildman–Crippen MR) is 134 cm³/mol. The molecule has 5 rings (SSSR count). The molecule has 2 heterocycles. The predicted octanol–water partition coefficient (Wildman–Crippen LogP) is 5.65. The van der Waals surface area contributed by atoms with Crippen LogP contribution >= 0.6 is 11.3 Å². The van der Waals surface area contributed by atoms with Crippen molar-refractivity contribution in [2.45, 2.75) is 18.7 Å². The second-order valence-corrected chi connectivity index (χ2v) is 10.3. The largest absolute Gasteiger partial charge is 0.494 e. The van der Waals surface area contributed by atoms with E-state index in [-0.39, 0.29) is 10.8 Å². The molecule has 3 N–H and O–H groups in total. The molecule has 7 nitrogen and oxygen atoms in total. The number of H-pyrrole nitrogens is 1. The number of hydrogen-bond donors (Lipinski definition) is 3. The lowest BCUT2D eigenvalue weighted by Gasteiger charge is -2.13. The van der Waals surface area contributed by atoms with Gasteiger partial charge in [0.1, 0.15) is 0 Å². The molecule has 166 valence electrons. The third kappa shape index (κ3) is 3.85. The minimum atomic E-state index is -3.74. The van der Waals surface area contributed by atoms with Crippen LogP contribution in [0.2, 0.25) is 0 Å². The van der Waals surface area contributed by atoms with E-state index in [0.29, 0.717) is 16.9 Å². The van der Waals surface area contributed by atoms with Crippen LogP contribution in [0.5, 0.6) is 5.88 Å². The van der Waals surface area contributed by atoms with E-state index in [0.717, 1.165) is 32.2 Å². The third-order valence-electron chi connectivity index (χ3n) is 5.49. The average Bonchev–Trinajstić information content (AvgIpc) is 3.38. The van der Waals surface area contributed by atoms with E-state index in [4.69, 9.17) is 0 Å². The summed E-state index contributed by atoms with van der Waals surface area (Å²) in [6.45, 7) is 3.73. The van der Waals surface area contributed by atoms with Gasteiger partial charge in [-0.25, -0.2) is 13.4 Å². The number of sulfonamides is 1. The molecule has 0 amide bonds. The van der Waals surface area contributed by atoms with Crippen LogP contribution < -0.4 is 4.72 Å². The van der Waals surface area contributed by atoms with Gasteiger partial charge < -0.3 is 10.1 Å². The molecule has 2 aromatic heterocycles. The van der Waals surface area contributed by atoms with Crippen molar-refractivity contribution in [3.05, 3.63) is 76.8 Å². The van der Waals surface area contributed by atoms with Crippen molar-refractivity contribution >= 4 is 60.1 Å². The number of aromatic hydroxyl groups is 1. The summed E-state index contributed by atoms with van der Waals surface area (Å²) in [5.41, 5.74) is 6.72. The number of aromatic amines is 1. The number of anilines is 1. The molecule has 5 aromatic rings. The van der Waals surface area contributed by atoms with Crippen LogP contribution in [0.15, 0.2) is 70.0 Å². The van der Waals surface area contributed by atoms with E-state index in [1.807, 2.05) is 44.2 Å². The summed E-state index contributed by atoms with van der Waals surface area (Å²) in [7, 11) is -3.74. The van der Waals surface area contributed by atoms with E-state index in [2.05, 4.69) is 19.7 Å². The zero-order chi connectivity index (χ0) is 23.2. The van der Waals surface area contributed by atoms with E-state index < -0.39 is 10.0 Å². The molecule has 0 aliphatic heterocycles. The summed E-state index contributed by atoms with van der Waals surface area (Å²) in [6.07, 6.45) is 1.56. The molecule has 0 unspecified atom stereocenters. The van der Waals surface area contributed by atoms with E-state index in [9.17, 15) is 13.5 Å². The van der Waals surface area contributed by atoms with Gasteiger partial charge in [-0.05, 0) is 61.4 Å². The summed E-state index contributed by atoms with van der Waals surface area (Å²) in [5.74, 6) is 0.00579. The highest BCUT2D eigenvalue weighted by Gasteiger charge is 2.17. The molecule has 0 atom stereocenters. The Hall–Kier alpha value is -3.69. The molecule has 0 aliphatic rings. The average molecular weight is 477 g/mol. The zero-order valence-corrected chi connectivity index (χ0v) is 19.5. The Bertz CT molecular complexity index is 1610. The van der Waals surface area contributed by atoms with Crippen LogP contribution in [0.25, 0.3) is 21.1 Å². The van der Waals surface area contributed by atoms with Crippen molar-refractivity contribution < 1.29 is 13.5 Å². The molecule has 0 saturated heterocycles. The Morgan fingerprint density at radius 2 is 1.79 bits per heavy atom. The smallest absolute Gasteiger partial charge is 0.261 e. The minimum absolute atomic E-state index is 0.00579. The number of rotatable bonds is 5. The van der Waals surface area contributed by atoms with Gasteiger partial charge in [0, 0.05) is 11.6 Å². The van der Waals surface area contributed by atoms with Gasteiger partial charge in [0.05, 0.1) is 43.1 Å². The molecule has 0 saturated carbocycles. The Balaban J connectivity index is 1.44. The summed E-state index contributed by atoms with van der Waals surface area (Å²) >= 11 is 1.53. The minimum Gasteiger partial charge on any atom is -0.494 e. The maximum Gasteiger partial charge on any atom is 0.261 e. The van der Waals surface area contributed by atoms with Gasteiger partial charge in [-0.1, -0.05) is 18.2 Å². The molecule has 0 bridgehead atoms. The normalized spacial score (nSPS) is 12.2. The van der Waals surface area contributed by atoms with Crippen LogP contribution in [0.4, 0.5) is 11.4 Å². The molecular weight excluding hydrogens is 456 g/mol. The summed E-state index contributed by atoms with van der Waals surface area (Å²) in [4.78, 5) is 11.9. The topological polar surface area (TPSA) is 107 Å². The first-order valence-electron chi connectivity index (χ1n) is 10.1. The number of aryl methyl sites for hydroxylation is 2. The summed E-state index contributed by atoms with van der Waals surface area (Å²) in [6, 6.07) is 15.7. The number of thiazole rings is 1. The van der Waals surface area contributed by atoms with E-state index in [1.165, 1.54) is 23.5 Å². The lowest BCUT2D eigenvalue weighted by atomic mass is 10.1. The number of aliphatic imine (C=N–C) groups is 1. The maximum absolute atomic E-state index is 12.9. The van der Waals surface area contributed by atoms with Crippen LogP contribution in [-0.2, 0) is 10.0 Å². The van der Waals surface area contributed by atoms with Gasteiger partial charge in [0.2, 0.25) is 0 Å². The summed E-state index contributed by atoms with van der Waals surface area (Å²) < 4.78 is 29.4. The fourth-order valence-corrected chi connectivity index (χ4v) is 5.65. The van der Waals surface area contributed by atoms with E-state index in [1.54, 1.807) is 23.9 Å². The number of benzene rings is 3. The van der Waals surface area contributed by atoms with Crippen molar-refractivity contribution in [2.75, 3.05) is 4.72 Å². The number of aromatic nitrogens is 2. The molecule has 0 radical (unpaired) electrons. The standard InChI is InChI=1S/C24H20N4O3S2/c1-14-4-3-5-15(2)22(14)28-33(30,31)17-8-6-16(7-9-17)25-12-18-21-19(27-24(18)29)10-11-20-23(21)26-13-32-20/h3-13,27-29H,1-2H3.